The minimum Gasteiger partial charge on any atom is -0.494 e. The van der Waals surface area contributed by atoms with E-state index in [0.29, 0.717) is 12.4 Å². The number of esters is 1. The monoisotopic (exact) mass is 442 g/mol. The van der Waals surface area contributed by atoms with Gasteiger partial charge in [0.05, 0.1) is 26.2 Å². The van der Waals surface area contributed by atoms with E-state index in [1.165, 1.54) is 6.92 Å². The maximum atomic E-state index is 12.1. The normalized spacial score (nSPS) is 11.2. The van der Waals surface area contributed by atoms with Crippen LogP contribution in [0.4, 0.5) is 5.69 Å². The van der Waals surface area contributed by atoms with Gasteiger partial charge < -0.3 is 24.8 Å². The van der Waals surface area contributed by atoms with E-state index in [1.54, 1.807) is 24.3 Å². The molecule has 8 heteroatoms. The van der Waals surface area contributed by atoms with E-state index in [2.05, 4.69) is 10.6 Å². The first-order valence-electron chi connectivity index (χ1n) is 10.5. The number of anilines is 1. The van der Waals surface area contributed by atoms with Crippen LogP contribution in [-0.4, -0.2) is 43.6 Å². The molecule has 0 aromatic heterocycles. The Morgan fingerprint density at radius 2 is 1.53 bits per heavy atom. The van der Waals surface area contributed by atoms with E-state index < -0.39 is 18.0 Å². The highest BCUT2D eigenvalue weighted by molar-refractivity contribution is 5.96. The molecular formula is C24H30N2O6. The third-order valence-corrected chi connectivity index (χ3v) is 4.56. The largest absolute Gasteiger partial charge is 0.494 e. The quantitative estimate of drug-likeness (QED) is 0.518. The second-order valence-electron chi connectivity index (χ2n) is 7.17. The molecule has 0 bridgehead atoms. The highest BCUT2D eigenvalue weighted by atomic mass is 16.5. The fourth-order valence-electron chi connectivity index (χ4n) is 2.87. The Morgan fingerprint density at radius 1 is 0.938 bits per heavy atom. The lowest BCUT2D eigenvalue weighted by Gasteiger charge is -2.15. The van der Waals surface area contributed by atoms with E-state index in [-0.39, 0.29) is 25.5 Å². The summed E-state index contributed by atoms with van der Waals surface area (Å²) in [5.41, 5.74) is 2.58. The SMILES string of the molecule is CCOc1ccc(OCCC(=O)OC(C)C(=O)NCC(=O)Nc2c(C)cccc2C)cc1. The topological polar surface area (TPSA) is 103 Å². The van der Waals surface area contributed by atoms with Crippen molar-refractivity contribution in [2.45, 2.75) is 40.2 Å². The summed E-state index contributed by atoms with van der Waals surface area (Å²) in [6.07, 6.45) is -1.04. The summed E-state index contributed by atoms with van der Waals surface area (Å²) in [5.74, 6) is -0.150. The van der Waals surface area contributed by atoms with Crippen molar-refractivity contribution < 1.29 is 28.6 Å². The first-order valence-corrected chi connectivity index (χ1v) is 10.5. The van der Waals surface area contributed by atoms with Crippen LogP contribution in [0.2, 0.25) is 0 Å². The lowest BCUT2D eigenvalue weighted by Crippen LogP contribution is -2.40. The van der Waals surface area contributed by atoms with Crippen LogP contribution in [0.15, 0.2) is 42.5 Å². The maximum absolute atomic E-state index is 12.1. The second kappa shape index (κ2) is 12.3. The Bertz CT molecular complexity index is 906. The molecule has 1 unspecified atom stereocenters. The third-order valence-electron chi connectivity index (χ3n) is 4.56. The molecule has 0 aliphatic carbocycles. The maximum Gasteiger partial charge on any atom is 0.310 e. The van der Waals surface area contributed by atoms with E-state index in [0.717, 1.165) is 22.6 Å². The molecule has 0 aliphatic rings. The van der Waals surface area contributed by atoms with Crippen LogP contribution in [-0.2, 0) is 19.1 Å². The number of aryl methyl sites for hydroxylation is 2. The van der Waals surface area contributed by atoms with Crippen molar-refractivity contribution >= 4 is 23.5 Å². The van der Waals surface area contributed by atoms with E-state index in [1.807, 2.05) is 39.0 Å². The van der Waals surface area contributed by atoms with E-state index in [9.17, 15) is 14.4 Å². The van der Waals surface area contributed by atoms with Crippen LogP contribution in [0.3, 0.4) is 0 Å². The number of carbonyl (C=O) groups excluding carboxylic acids is 3. The lowest BCUT2D eigenvalue weighted by molar-refractivity contribution is -0.155. The molecule has 2 rings (SSSR count). The Hall–Kier alpha value is -3.55. The number of nitrogens with one attached hydrogen (secondary N) is 2. The summed E-state index contributed by atoms with van der Waals surface area (Å²) in [4.78, 5) is 36.2. The molecule has 0 radical (unpaired) electrons. The Morgan fingerprint density at radius 3 is 2.12 bits per heavy atom. The van der Waals surface area contributed by atoms with Crippen LogP contribution < -0.4 is 20.1 Å². The number of ether oxygens (including phenoxy) is 3. The predicted molar refractivity (Wildman–Crippen MR) is 121 cm³/mol. The molecule has 2 aromatic rings. The fraction of sp³-hybridized carbons (Fsp3) is 0.375. The van der Waals surface area contributed by atoms with Gasteiger partial charge in [-0.2, -0.15) is 0 Å². The van der Waals surface area contributed by atoms with Gasteiger partial charge in [0.25, 0.3) is 5.91 Å². The summed E-state index contributed by atoms with van der Waals surface area (Å²) < 4.78 is 16.0. The van der Waals surface area contributed by atoms with Crippen LogP contribution in [0.5, 0.6) is 11.5 Å². The number of para-hydroxylation sites is 1. The summed E-state index contributed by atoms with van der Waals surface area (Å²) in [7, 11) is 0. The molecule has 2 aromatic carbocycles. The first kappa shape index (κ1) is 24.7. The fourth-order valence-corrected chi connectivity index (χ4v) is 2.87. The van der Waals surface area contributed by atoms with E-state index >= 15 is 0 Å². The summed E-state index contributed by atoms with van der Waals surface area (Å²) in [6.45, 7) is 7.59. The lowest BCUT2D eigenvalue weighted by atomic mass is 10.1. The highest BCUT2D eigenvalue weighted by Gasteiger charge is 2.18. The molecule has 32 heavy (non-hydrogen) atoms. The first-order chi connectivity index (χ1) is 15.3. The van der Waals surface area contributed by atoms with Gasteiger partial charge in [0, 0.05) is 5.69 Å². The van der Waals surface area contributed by atoms with Crippen molar-refractivity contribution in [3.63, 3.8) is 0 Å². The van der Waals surface area contributed by atoms with Crippen molar-refractivity contribution in [2.24, 2.45) is 0 Å². The zero-order chi connectivity index (χ0) is 23.5. The van der Waals surface area contributed by atoms with Crippen LogP contribution in [0.25, 0.3) is 0 Å². The van der Waals surface area contributed by atoms with Crippen molar-refractivity contribution in [2.75, 3.05) is 25.1 Å². The molecule has 0 saturated carbocycles. The van der Waals surface area contributed by atoms with E-state index in [4.69, 9.17) is 14.2 Å². The summed E-state index contributed by atoms with van der Waals surface area (Å²) >= 11 is 0. The number of hydrogen-bond donors (Lipinski definition) is 2. The van der Waals surface area contributed by atoms with Gasteiger partial charge in [-0.25, -0.2) is 0 Å². The number of benzene rings is 2. The second-order valence-corrected chi connectivity index (χ2v) is 7.17. The van der Waals surface area contributed by atoms with Crippen molar-refractivity contribution in [3.8, 4) is 11.5 Å². The minimum absolute atomic E-state index is 0.0160. The Balaban J connectivity index is 1.68. The highest BCUT2D eigenvalue weighted by Crippen LogP contribution is 2.19. The van der Waals surface area contributed by atoms with Crippen molar-refractivity contribution in [1.29, 1.82) is 0 Å². The molecule has 0 aliphatic heterocycles. The van der Waals surface area contributed by atoms with Crippen molar-refractivity contribution in [1.82, 2.24) is 5.32 Å². The number of carbonyl (C=O) groups is 3. The molecule has 2 amide bonds. The van der Waals surface area contributed by atoms with Gasteiger partial charge in [0.2, 0.25) is 5.91 Å². The Kier molecular flexibility index (Phi) is 9.53. The standard InChI is InChI=1S/C24H30N2O6/c1-5-30-19-9-11-20(12-10-19)31-14-13-22(28)32-18(4)24(29)25-15-21(27)26-23-16(2)7-6-8-17(23)3/h6-12,18H,5,13-15H2,1-4H3,(H,25,29)(H,26,27). The number of hydrogen-bond acceptors (Lipinski definition) is 6. The van der Waals surface area contributed by atoms with Crippen LogP contribution >= 0.6 is 0 Å². The van der Waals surface area contributed by atoms with Crippen LogP contribution in [0.1, 0.15) is 31.4 Å². The van der Waals surface area contributed by atoms with Gasteiger partial charge in [-0.3, -0.25) is 14.4 Å². The zero-order valence-electron chi connectivity index (χ0n) is 18.9. The molecule has 1 atom stereocenters. The van der Waals surface area contributed by atoms with Gasteiger partial charge >= 0.3 is 5.97 Å². The average Bonchev–Trinajstić information content (AvgIpc) is 2.76. The summed E-state index contributed by atoms with van der Waals surface area (Å²) in [5, 5.41) is 5.25. The molecule has 0 fully saturated rings. The van der Waals surface area contributed by atoms with Gasteiger partial charge in [0.15, 0.2) is 6.10 Å². The van der Waals surface area contributed by atoms with Gasteiger partial charge in [-0.15, -0.1) is 0 Å². The molecule has 2 N–H and O–H groups in total. The molecule has 0 heterocycles. The van der Waals surface area contributed by atoms with Gasteiger partial charge in [-0.1, -0.05) is 18.2 Å². The average molecular weight is 443 g/mol. The minimum atomic E-state index is -1.03. The zero-order valence-corrected chi connectivity index (χ0v) is 18.9. The number of amides is 2. The molecular weight excluding hydrogens is 412 g/mol. The molecule has 172 valence electrons. The summed E-state index contributed by atoms with van der Waals surface area (Å²) in [6, 6.07) is 12.7. The smallest absolute Gasteiger partial charge is 0.310 e. The molecule has 8 nitrogen and oxygen atoms in total. The van der Waals surface area contributed by atoms with Crippen LogP contribution in [0, 0.1) is 13.8 Å². The van der Waals surface area contributed by atoms with Gasteiger partial charge in [0.1, 0.15) is 11.5 Å². The number of rotatable bonds is 11. The molecule has 0 saturated heterocycles. The van der Waals surface area contributed by atoms with Crippen molar-refractivity contribution in [3.05, 3.63) is 53.6 Å². The van der Waals surface area contributed by atoms with Gasteiger partial charge in [-0.05, 0) is 63.1 Å². The third kappa shape index (κ3) is 7.94. The molecule has 0 spiro atoms. The Labute approximate surface area is 188 Å². The predicted octanol–water partition coefficient (Wildman–Crippen LogP) is 3.16.